The van der Waals surface area contributed by atoms with Crippen molar-refractivity contribution in [2.45, 2.75) is 32.2 Å². The third-order valence-corrected chi connectivity index (χ3v) is 7.81. The lowest BCUT2D eigenvalue weighted by molar-refractivity contribution is -0.144. The average molecular weight is 643 g/mol. The molecule has 0 N–H and O–H groups in total. The molecule has 1 aliphatic heterocycles. The number of pyridine rings is 1. The van der Waals surface area contributed by atoms with E-state index in [2.05, 4.69) is 0 Å². The van der Waals surface area contributed by atoms with Gasteiger partial charge in [-0.3, -0.25) is 14.3 Å². The van der Waals surface area contributed by atoms with E-state index >= 15 is 8.78 Å². The summed E-state index contributed by atoms with van der Waals surface area (Å²) in [4.78, 5) is 41.7. The Morgan fingerprint density at radius 2 is 1.63 bits per heavy atom. The minimum atomic E-state index is -4.97. The zero-order chi connectivity index (χ0) is 33.3. The molecule has 0 saturated heterocycles. The number of alkyl halides is 3. The molecule has 0 radical (unpaired) electrons. The predicted octanol–water partition coefficient (Wildman–Crippen LogP) is 6.59. The van der Waals surface area contributed by atoms with Gasteiger partial charge in [0.05, 0.1) is 31.9 Å². The first kappa shape index (κ1) is 32.2. The Bertz CT molecular complexity index is 1870. The van der Waals surface area contributed by atoms with Gasteiger partial charge in [-0.2, -0.15) is 13.2 Å². The first-order chi connectivity index (χ1) is 21.9. The molecule has 3 aromatic carbocycles. The molecular formula is C33H27F5N2O6. The van der Waals surface area contributed by atoms with Gasteiger partial charge < -0.3 is 14.2 Å². The molecule has 5 rings (SSSR count). The van der Waals surface area contributed by atoms with E-state index in [4.69, 9.17) is 14.2 Å². The van der Waals surface area contributed by atoms with Crippen molar-refractivity contribution in [1.29, 1.82) is 0 Å². The van der Waals surface area contributed by atoms with Gasteiger partial charge in [0, 0.05) is 23.1 Å². The van der Waals surface area contributed by atoms with Gasteiger partial charge in [-0.15, -0.1) is 0 Å². The van der Waals surface area contributed by atoms with Crippen LogP contribution in [0.2, 0.25) is 0 Å². The predicted molar refractivity (Wildman–Crippen MR) is 157 cm³/mol. The SMILES string of the molecule is COC(=O)C1CN(C(=O)OCc2ccccc2)c2c(Cc3c(F)cccc3C(F)(F)F)c(C)c(-c3cccc(OC)c3F)c(=O)n21. The summed E-state index contributed by atoms with van der Waals surface area (Å²) in [6, 6.07) is 13.5. The van der Waals surface area contributed by atoms with Crippen LogP contribution in [0.25, 0.3) is 11.1 Å². The molecule has 240 valence electrons. The number of nitrogens with zero attached hydrogens (tertiary/aromatic N) is 2. The van der Waals surface area contributed by atoms with Gasteiger partial charge in [0.1, 0.15) is 18.2 Å². The lowest BCUT2D eigenvalue weighted by Gasteiger charge is -2.24. The standard InChI is InChI=1S/C33H27F5N2O6/c1-18-21(15-22-23(33(36,37)38)12-8-13-24(22)34)29-39(32(43)46-17-19-9-5-4-6-10-19)16-25(31(42)45-3)40(29)30(41)27(18)20-11-7-14-26(44-2)28(20)35/h4-14,25H,15-17H2,1-3H3. The van der Waals surface area contributed by atoms with Crippen LogP contribution in [-0.4, -0.2) is 37.4 Å². The zero-order valence-electron chi connectivity index (χ0n) is 24.8. The molecule has 8 nitrogen and oxygen atoms in total. The van der Waals surface area contributed by atoms with Gasteiger partial charge in [0.2, 0.25) is 0 Å². The summed E-state index contributed by atoms with van der Waals surface area (Å²) in [5.74, 6) is -3.65. The maximum absolute atomic E-state index is 15.6. The average Bonchev–Trinajstić information content (AvgIpc) is 3.44. The monoisotopic (exact) mass is 642 g/mol. The molecule has 4 aromatic rings. The van der Waals surface area contributed by atoms with E-state index in [0.29, 0.717) is 11.6 Å². The van der Waals surface area contributed by atoms with E-state index in [1.54, 1.807) is 30.3 Å². The first-order valence-electron chi connectivity index (χ1n) is 13.9. The fourth-order valence-electron chi connectivity index (χ4n) is 5.61. The molecule has 0 spiro atoms. The second-order valence-corrected chi connectivity index (χ2v) is 10.4. The number of esters is 1. The molecule has 13 heteroatoms. The number of fused-ring (bicyclic) bond motifs is 1. The maximum Gasteiger partial charge on any atom is 0.416 e. The fraction of sp³-hybridized carbons (Fsp3) is 0.242. The summed E-state index contributed by atoms with van der Waals surface area (Å²) >= 11 is 0. The number of methoxy groups -OCH3 is 2. The Kier molecular flexibility index (Phi) is 8.86. The van der Waals surface area contributed by atoms with Crippen LogP contribution in [0.1, 0.15) is 33.9 Å². The second kappa shape index (κ2) is 12.7. The van der Waals surface area contributed by atoms with E-state index in [-0.39, 0.29) is 40.4 Å². The summed E-state index contributed by atoms with van der Waals surface area (Å²) in [5.41, 5.74) is -3.20. The molecule has 0 fully saturated rings. The first-order valence-corrected chi connectivity index (χ1v) is 13.9. The van der Waals surface area contributed by atoms with Crippen molar-refractivity contribution in [3.8, 4) is 16.9 Å². The van der Waals surface area contributed by atoms with Crippen molar-refractivity contribution in [3.63, 3.8) is 0 Å². The molecule has 2 heterocycles. The van der Waals surface area contributed by atoms with Crippen molar-refractivity contribution < 1.29 is 45.8 Å². The number of rotatable bonds is 7. The third kappa shape index (κ3) is 5.80. The number of aromatic nitrogens is 1. The summed E-state index contributed by atoms with van der Waals surface area (Å²) in [6.07, 6.45) is -6.79. The lowest BCUT2D eigenvalue weighted by Crippen LogP contribution is -2.32. The highest BCUT2D eigenvalue weighted by Gasteiger charge is 2.43. The molecule has 1 atom stereocenters. The third-order valence-electron chi connectivity index (χ3n) is 7.81. The summed E-state index contributed by atoms with van der Waals surface area (Å²) in [5, 5.41) is 0. The molecule has 0 bridgehead atoms. The Balaban J connectivity index is 1.80. The van der Waals surface area contributed by atoms with Crippen LogP contribution in [0.15, 0.2) is 71.5 Å². The van der Waals surface area contributed by atoms with Crippen molar-refractivity contribution in [2.24, 2.45) is 0 Å². The highest BCUT2D eigenvalue weighted by Crippen LogP contribution is 2.42. The zero-order valence-corrected chi connectivity index (χ0v) is 24.8. The normalized spacial score (nSPS) is 14.2. The Labute approximate surface area is 259 Å². The number of halogens is 5. The van der Waals surface area contributed by atoms with E-state index < -0.39 is 65.6 Å². The largest absolute Gasteiger partial charge is 0.494 e. The van der Waals surface area contributed by atoms with Crippen LogP contribution in [-0.2, 0) is 33.5 Å². The minimum Gasteiger partial charge on any atom is -0.494 e. The van der Waals surface area contributed by atoms with Crippen LogP contribution in [0.3, 0.4) is 0 Å². The number of ether oxygens (including phenoxy) is 3. The molecule has 1 unspecified atom stereocenters. The number of anilines is 1. The van der Waals surface area contributed by atoms with Gasteiger partial charge >= 0.3 is 18.2 Å². The van der Waals surface area contributed by atoms with E-state index in [1.165, 1.54) is 32.2 Å². The van der Waals surface area contributed by atoms with E-state index in [1.807, 2.05) is 0 Å². The van der Waals surface area contributed by atoms with Crippen LogP contribution in [0.4, 0.5) is 32.6 Å². The molecular weight excluding hydrogens is 615 g/mol. The molecule has 1 amide bonds. The summed E-state index contributed by atoms with van der Waals surface area (Å²) in [7, 11) is 2.26. The van der Waals surface area contributed by atoms with Crippen LogP contribution in [0, 0.1) is 18.6 Å². The smallest absolute Gasteiger partial charge is 0.416 e. The summed E-state index contributed by atoms with van der Waals surface area (Å²) < 4.78 is 89.5. The Morgan fingerprint density at radius 3 is 2.28 bits per heavy atom. The highest BCUT2D eigenvalue weighted by atomic mass is 19.4. The Morgan fingerprint density at radius 1 is 0.935 bits per heavy atom. The number of amides is 1. The summed E-state index contributed by atoms with van der Waals surface area (Å²) in [6.45, 7) is 0.630. The van der Waals surface area contributed by atoms with E-state index in [0.717, 1.165) is 28.7 Å². The van der Waals surface area contributed by atoms with Crippen LogP contribution in [0.5, 0.6) is 5.75 Å². The van der Waals surface area contributed by atoms with Gasteiger partial charge in [0.15, 0.2) is 17.6 Å². The van der Waals surface area contributed by atoms with Gasteiger partial charge in [-0.25, -0.2) is 18.4 Å². The van der Waals surface area contributed by atoms with Crippen molar-refractivity contribution in [3.05, 3.63) is 117 Å². The molecule has 0 saturated carbocycles. The van der Waals surface area contributed by atoms with Crippen molar-refractivity contribution >= 4 is 17.9 Å². The quantitative estimate of drug-likeness (QED) is 0.167. The molecule has 1 aliphatic rings. The number of carbonyl (C=O) groups excluding carboxylic acids is 2. The van der Waals surface area contributed by atoms with Crippen LogP contribution < -0.4 is 15.2 Å². The van der Waals surface area contributed by atoms with Gasteiger partial charge in [-0.05, 0) is 36.2 Å². The van der Waals surface area contributed by atoms with Gasteiger partial charge in [-0.1, -0.05) is 48.5 Å². The second-order valence-electron chi connectivity index (χ2n) is 10.4. The Hall–Kier alpha value is -5.20. The lowest BCUT2D eigenvalue weighted by atomic mass is 9.91. The van der Waals surface area contributed by atoms with Gasteiger partial charge in [0.25, 0.3) is 5.56 Å². The molecule has 0 aliphatic carbocycles. The number of hydrogen-bond donors (Lipinski definition) is 0. The topological polar surface area (TPSA) is 87.1 Å². The van der Waals surface area contributed by atoms with Crippen molar-refractivity contribution in [2.75, 3.05) is 25.7 Å². The maximum atomic E-state index is 15.6. The van der Waals surface area contributed by atoms with Crippen molar-refractivity contribution in [1.82, 2.24) is 4.57 Å². The minimum absolute atomic E-state index is 0.0499. The van der Waals surface area contributed by atoms with E-state index in [9.17, 15) is 27.6 Å². The molecule has 1 aromatic heterocycles. The molecule has 46 heavy (non-hydrogen) atoms. The fourth-order valence-corrected chi connectivity index (χ4v) is 5.61. The number of hydrogen-bond acceptors (Lipinski definition) is 6. The number of carbonyl (C=O) groups is 2. The number of benzene rings is 3. The highest BCUT2D eigenvalue weighted by molar-refractivity contribution is 5.93. The van der Waals surface area contributed by atoms with Crippen LogP contribution >= 0.6 is 0 Å².